The van der Waals surface area contributed by atoms with E-state index in [-0.39, 0.29) is 17.9 Å². The van der Waals surface area contributed by atoms with E-state index < -0.39 is 0 Å². The monoisotopic (exact) mass is 331 g/mol. The van der Waals surface area contributed by atoms with Crippen LogP contribution in [0.15, 0.2) is 24.3 Å². The predicted molar refractivity (Wildman–Crippen MR) is 90.7 cm³/mol. The van der Waals surface area contributed by atoms with Gasteiger partial charge in [0.1, 0.15) is 6.10 Å². The van der Waals surface area contributed by atoms with Gasteiger partial charge in [-0.25, -0.2) is 0 Å². The zero-order valence-electron chi connectivity index (χ0n) is 14.2. The summed E-state index contributed by atoms with van der Waals surface area (Å²) < 4.78 is 5.36. The fourth-order valence-corrected chi connectivity index (χ4v) is 3.04. The lowest BCUT2D eigenvalue weighted by Gasteiger charge is -2.32. The molecule has 1 N–H and O–H groups in total. The Balaban J connectivity index is 1.51. The summed E-state index contributed by atoms with van der Waals surface area (Å²) in [5, 5.41) is 2.89. The van der Waals surface area contributed by atoms with E-state index in [1.54, 1.807) is 0 Å². The maximum atomic E-state index is 12.5. The van der Waals surface area contributed by atoms with E-state index in [0.717, 1.165) is 44.6 Å². The van der Waals surface area contributed by atoms with Crippen LogP contribution in [0, 0.1) is 0 Å². The molecule has 1 atom stereocenters. The number of hydrogen-bond acceptors (Lipinski definition) is 4. The van der Waals surface area contributed by atoms with Gasteiger partial charge in [-0.3, -0.25) is 9.59 Å². The van der Waals surface area contributed by atoms with Crippen molar-refractivity contribution >= 4 is 11.8 Å². The maximum absolute atomic E-state index is 12.5. The van der Waals surface area contributed by atoms with Crippen LogP contribution >= 0.6 is 0 Å². The Morgan fingerprint density at radius 2 is 1.88 bits per heavy atom. The summed E-state index contributed by atoms with van der Waals surface area (Å²) in [5.41, 5.74) is 1.69. The number of ether oxygens (including phenoxy) is 1. The number of amides is 2. The predicted octanol–water partition coefficient (Wildman–Crippen LogP) is 0.869. The molecule has 2 heterocycles. The van der Waals surface area contributed by atoms with Gasteiger partial charge in [-0.05, 0) is 37.6 Å². The lowest BCUT2D eigenvalue weighted by molar-refractivity contribution is -0.130. The Labute approximate surface area is 142 Å². The van der Waals surface area contributed by atoms with Gasteiger partial charge in [-0.15, -0.1) is 0 Å². The van der Waals surface area contributed by atoms with Crippen molar-refractivity contribution < 1.29 is 14.3 Å². The molecule has 130 valence electrons. The van der Waals surface area contributed by atoms with Crippen LogP contribution in [0.1, 0.15) is 28.8 Å². The first-order valence-corrected chi connectivity index (χ1v) is 8.59. The third kappa shape index (κ3) is 4.13. The Hall–Kier alpha value is -1.92. The van der Waals surface area contributed by atoms with Crippen molar-refractivity contribution in [3.8, 4) is 0 Å². The molecule has 2 amide bonds. The summed E-state index contributed by atoms with van der Waals surface area (Å²) in [6, 6.07) is 7.49. The number of rotatable bonds is 4. The van der Waals surface area contributed by atoms with Gasteiger partial charge < -0.3 is 19.9 Å². The minimum absolute atomic E-state index is 0.0508. The molecule has 1 aromatic rings. The standard InChI is InChI=1S/C18H25N3O3/c1-20-8-10-21(11-9-20)18(23)15-6-4-14(5-7-15)13-19-17(22)16-3-2-12-24-16/h4-7,16H,2-3,8-13H2,1H3,(H,19,22). The minimum atomic E-state index is -0.303. The largest absolute Gasteiger partial charge is 0.368 e. The number of carbonyl (C=O) groups is 2. The fraction of sp³-hybridized carbons (Fsp3) is 0.556. The highest BCUT2D eigenvalue weighted by Gasteiger charge is 2.23. The van der Waals surface area contributed by atoms with Gasteiger partial charge >= 0.3 is 0 Å². The van der Waals surface area contributed by atoms with Gasteiger partial charge in [-0.2, -0.15) is 0 Å². The highest BCUT2D eigenvalue weighted by atomic mass is 16.5. The smallest absolute Gasteiger partial charge is 0.253 e. The average Bonchev–Trinajstić information content (AvgIpc) is 3.15. The molecular weight excluding hydrogens is 306 g/mol. The topological polar surface area (TPSA) is 61.9 Å². The van der Waals surface area contributed by atoms with Crippen molar-refractivity contribution in [2.75, 3.05) is 39.8 Å². The van der Waals surface area contributed by atoms with Gasteiger partial charge in [0.25, 0.3) is 5.91 Å². The van der Waals surface area contributed by atoms with Gasteiger partial charge in [-0.1, -0.05) is 12.1 Å². The van der Waals surface area contributed by atoms with Crippen LogP contribution in [0.25, 0.3) is 0 Å². The van der Waals surface area contributed by atoms with Crippen LogP contribution in [0.5, 0.6) is 0 Å². The average molecular weight is 331 g/mol. The highest BCUT2D eigenvalue weighted by molar-refractivity contribution is 5.94. The van der Waals surface area contributed by atoms with E-state index in [4.69, 9.17) is 4.74 Å². The molecule has 2 aliphatic rings. The van der Waals surface area contributed by atoms with Crippen molar-refractivity contribution in [1.82, 2.24) is 15.1 Å². The quantitative estimate of drug-likeness (QED) is 0.889. The van der Waals surface area contributed by atoms with Crippen molar-refractivity contribution in [1.29, 1.82) is 0 Å². The van der Waals surface area contributed by atoms with Crippen molar-refractivity contribution in [2.45, 2.75) is 25.5 Å². The van der Waals surface area contributed by atoms with Crippen LogP contribution < -0.4 is 5.32 Å². The second-order valence-corrected chi connectivity index (χ2v) is 6.51. The molecule has 0 saturated carbocycles. The fourth-order valence-electron chi connectivity index (χ4n) is 3.04. The normalized spacial score (nSPS) is 21.7. The summed E-state index contributed by atoms with van der Waals surface area (Å²) in [7, 11) is 2.07. The SMILES string of the molecule is CN1CCN(C(=O)c2ccc(CNC(=O)C3CCCO3)cc2)CC1. The lowest BCUT2D eigenvalue weighted by atomic mass is 10.1. The summed E-state index contributed by atoms with van der Waals surface area (Å²) in [5.74, 6) is 0.0307. The first-order chi connectivity index (χ1) is 11.6. The van der Waals surface area contributed by atoms with Gasteiger partial charge in [0.2, 0.25) is 5.91 Å². The Morgan fingerprint density at radius 1 is 1.17 bits per heavy atom. The number of piperazine rings is 1. The molecular formula is C18H25N3O3. The Bertz CT molecular complexity index is 574. The molecule has 6 heteroatoms. The van der Waals surface area contributed by atoms with E-state index in [9.17, 15) is 9.59 Å². The molecule has 2 fully saturated rings. The van der Waals surface area contributed by atoms with Crippen LogP contribution in [-0.2, 0) is 16.1 Å². The molecule has 3 rings (SSSR count). The summed E-state index contributed by atoms with van der Waals surface area (Å²) in [4.78, 5) is 28.5. The van der Waals surface area contributed by atoms with Crippen molar-refractivity contribution in [3.63, 3.8) is 0 Å². The zero-order valence-corrected chi connectivity index (χ0v) is 14.2. The molecule has 24 heavy (non-hydrogen) atoms. The second kappa shape index (κ2) is 7.77. The first-order valence-electron chi connectivity index (χ1n) is 8.59. The van der Waals surface area contributed by atoms with E-state index in [1.807, 2.05) is 29.2 Å². The summed E-state index contributed by atoms with van der Waals surface area (Å²) in [6.07, 6.45) is 1.44. The second-order valence-electron chi connectivity index (χ2n) is 6.51. The molecule has 2 saturated heterocycles. The maximum Gasteiger partial charge on any atom is 0.253 e. The van der Waals surface area contributed by atoms with Crippen molar-refractivity contribution in [3.05, 3.63) is 35.4 Å². The van der Waals surface area contributed by atoms with E-state index in [2.05, 4.69) is 17.3 Å². The molecule has 0 aliphatic carbocycles. The van der Waals surface area contributed by atoms with Crippen LogP contribution in [0.3, 0.4) is 0 Å². The molecule has 2 aliphatic heterocycles. The zero-order chi connectivity index (χ0) is 16.9. The highest BCUT2D eigenvalue weighted by Crippen LogP contribution is 2.13. The minimum Gasteiger partial charge on any atom is -0.368 e. The summed E-state index contributed by atoms with van der Waals surface area (Å²) >= 11 is 0. The van der Waals surface area contributed by atoms with Gasteiger partial charge in [0.15, 0.2) is 0 Å². The number of nitrogens with one attached hydrogen (secondary N) is 1. The number of carbonyl (C=O) groups excluding carboxylic acids is 2. The summed E-state index contributed by atoms with van der Waals surface area (Å²) in [6.45, 7) is 4.50. The molecule has 1 unspecified atom stereocenters. The molecule has 6 nitrogen and oxygen atoms in total. The number of likely N-dealkylation sites (N-methyl/N-ethyl adjacent to an activating group) is 1. The van der Waals surface area contributed by atoms with Crippen LogP contribution in [0.2, 0.25) is 0 Å². The third-order valence-corrected chi connectivity index (χ3v) is 4.68. The molecule has 0 aromatic heterocycles. The third-order valence-electron chi connectivity index (χ3n) is 4.68. The molecule has 0 radical (unpaired) electrons. The van der Waals surface area contributed by atoms with Crippen LogP contribution in [-0.4, -0.2) is 67.6 Å². The lowest BCUT2D eigenvalue weighted by Crippen LogP contribution is -2.47. The Morgan fingerprint density at radius 3 is 2.50 bits per heavy atom. The molecule has 0 bridgehead atoms. The number of benzene rings is 1. The van der Waals surface area contributed by atoms with Gasteiger partial charge in [0.05, 0.1) is 0 Å². The van der Waals surface area contributed by atoms with Crippen molar-refractivity contribution in [2.24, 2.45) is 0 Å². The number of hydrogen-bond donors (Lipinski definition) is 1. The number of nitrogens with zero attached hydrogens (tertiary/aromatic N) is 2. The molecule has 0 spiro atoms. The van der Waals surface area contributed by atoms with E-state index >= 15 is 0 Å². The Kier molecular flexibility index (Phi) is 5.48. The first kappa shape index (κ1) is 16.9. The van der Waals surface area contributed by atoms with Gasteiger partial charge in [0, 0.05) is 44.9 Å². The molecule has 1 aromatic carbocycles. The van der Waals surface area contributed by atoms with E-state index in [1.165, 1.54) is 0 Å². The van der Waals surface area contributed by atoms with Crippen LogP contribution in [0.4, 0.5) is 0 Å². The van der Waals surface area contributed by atoms with E-state index in [0.29, 0.717) is 18.7 Å².